The van der Waals surface area contributed by atoms with Gasteiger partial charge in [0, 0.05) is 34.0 Å². The van der Waals surface area contributed by atoms with Crippen LogP contribution in [0.5, 0.6) is 0 Å². The summed E-state index contributed by atoms with van der Waals surface area (Å²) in [4.78, 5) is 16.6. The van der Waals surface area contributed by atoms with E-state index in [0.717, 1.165) is 25.3 Å². The molecule has 0 bridgehead atoms. The predicted molar refractivity (Wildman–Crippen MR) is 148 cm³/mol. The van der Waals surface area contributed by atoms with Gasteiger partial charge in [0.05, 0.1) is 17.1 Å². The minimum Gasteiger partial charge on any atom is -1.00 e. The van der Waals surface area contributed by atoms with E-state index >= 15 is 0 Å². The smallest absolute Gasteiger partial charge is 0.446 e. The highest BCUT2D eigenvalue weighted by Crippen LogP contribution is 2.46. The topological polar surface area (TPSA) is 29.1 Å². The molecule has 1 aliphatic heterocycles. The molecule has 0 saturated heterocycles. The van der Waals surface area contributed by atoms with E-state index in [9.17, 15) is 18.0 Å². The Hall–Kier alpha value is -1.89. The normalized spacial score (nSPS) is 15.1. The summed E-state index contributed by atoms with van der Waals surface area (Å²) in [6, 6.07) is 12.2. The highest BCUT2D eigenvalue weighted by Gasteiger charge is 2.31. The fourth-order valence-corrected chi connectivity index (χ4v) is 8.26. The second-order valence-corrected chi connectivity index (χ2v) is 12.6. The monoisotopic (exact) mass is 633 g/mol. The van der Waals surface area contributed by atoms with E-state index in [1.807, 2.05) is 59.3 Å². The number of thiazole rings is 2. The fourth-order valence-electron chi connectivity index (χ4n) is 4.01. The van der Waals surface area contributed by atoms with E-state index in [2.05, 4.69) is 0 Å². The van der Waals surface area contributed by atoms with E-state index in [1.165, 1.54) is 40.5 Å². The van der Waals surface area contributed by atoms with E-state index in [4.69, 9.17) is 11.6 Å². The Morgan fingerprint density at radius 3 is 2.68 bits per heavy atom. The molecular weight excluding hydrogens is 614 g/mol. The van der Waals surface area contributed by atoms with Crippen LogP contribution in [0.15, 0.2) is 68.6 Å². The van der Waals surface area contributed by atoms with Crippen LogP contribution < -0.4 is 36.6 Å². The largest absolute Gasteiger partial charge is 1.00 e. The molecule has 0 saturated carbocycles. The van der Waals surface area contributed by atoms with Crippen molar-refractivity contribution in [3.05, 3.63) is 89.2 Å². The summed E-state index contributed by atoms with van der Waals surface area (Å²) in [5.41, 5.74) is -2.85. The van der Waals surface area contributed by atoms with Crippen molar-refractivity contribution in [1.29, 1.82) is 0 Å². The van der Waals surface area contributed by atoms with Gasteiger partial charge in [-0.3, -0.25) is 9.36 Å². The van der Waals surface area contributed by atoms with Gasteiger partial charge in [-0.25, -0.2) is 0 Å². The number of thioether (sulfide) groups is 2. The third-order valence-corrected chi connectivity index (χ3v) is 10.1. The van der Waals surface area contributed by atoms with Gasteiger partial charge in [0.1, 0.15) is 14.2 Å². The minimum absolute atomic E-state index is 0. The van der Waals surface area contributed by atoms with E-state index in [1.54, 1.807) is 22.8 Å². The number of hydrogen-bond donors (Lipinski definition) is 0. The summed E-state index contributed by atoms with van der Waals surface area (Å²) in [6.45, 7) is 2.71. The lowest BCUT2D eigenvalue weighted by molar-refractivity contribution is -0.685. The first-order valence-corrected chi connectivity index (χ1v) is 14.8. The average molecular weight is 635 g/mol. The summed E-state index contributed by atoms with van der Waals surface area (Å²) in [6.07, 6.45) is 3.79. The number of halogens is 5. The van der Waals surface area contributed by atoms with Crippen molar-refractivity contribution in [3.8, 4) is 0 Å². The summed E-state index contributed by atoms with van der Waals surface area (Å²) < 4.78 is 44.2. The molecule has 0 atom stereocenters. The summed E-state index contributed by atoms with van der Waals surface area (Å²) in [5, 5.41) is 4.23. The molecule has 13 heteroatoms. The standard InChI is InChI=1S/C25H20ClF3N3OS4.ClH/c1-3-32-21(36-22(23(32)33)24-30(2)17-9-8-16(26)12-19(17)35-24)13-20-31(10-11-34-20)14-15-6-4-5-7-18(15)37-25(27,28)29;/h4-13H,3,14H2,1-2H3;1H/q+1;/p-1/b24-22+;. The summed E-state index contributed by atoms with van der Waals surface area (Å²) in [5.74, 6) is 0. The van der Waals surface area contributed by atoms with Crippen molar-refractivity contribution in [2.75, 3.05) is 11.9 Å². The van der Waals surface area contributed by atoms with Crippen LogP contribution in [-0.2, 0) is 13.1 Å². The quantitative estimate of drug-likeness (QED) is 0.250. The van der Waals surface area contributed by atoms with Gasteiger partial charge in [-0.05, 0) is 43.0 Å². The van der Waals surface area contributed by atoms with Crippen molar-refractivity contribution in [3.63, 3.8) is 0 Å². The van der Waals surface area contributed by atoms with Gasteiger partial charge in [-0.15, -0.1) is 11.3 Å². The number of rotatable bonds is 5. The Labute approximate surface area is 244 Å². The molecule has 0 fully saturated rings. The molecule has 38 heavy (non-hydrogen) atoms. The molecule has 2 aromatic carbocycles. The molecule has 3 heterocycles. The predicted octanol–water partition coefficient (Wildman–Crippen LogP) is 2.73. The lowest BCUT2D eigenvalue weighted by Gasteiger charge is -2.12. The molecule has 0 N–H and O–H groups in total. The Balaban J connectivity index is 0.00000336. The Morgan fingerprint density at radius 1 is 1.18 bits per heavy atom. The van der Waals surface area contributed by atoms with Gasteiger partial charge in [0.15, 0.2) is 12.7 Å². The maximum atomic E-state index is 13.4. The first kappa shape index (κ1) is 29.1. The van der Waals surface area contributed by atoms with Crippen molar-refractivity contribution in [2.45, 2.75) is 35.3 Å². The fraction of sp³-hybridized carbons (Fsp3) is 0.200. The second-order valence-electron chi connectivity index (χ2n) is 8.07. The van der Waals surface area contributed by atoms with Gasteiger partial charge in [-0.1, -0.05) is 52.9 Å². The average Bonchev–Trinajstić information content (AvgIpc) is 3.50. The molecule has 4 aromatic rings. The Morgan fingerprint density at radius 2 is 1.95 bits per heavy atom. The van der Waals surface area contributed by atoms with Crippen molar-refractivity contribution < 1.29 is 30.1 Å². The summed E-state index contributed by atoms with van der Waals surface area (Å²) in [7, 11) is 1.94. The molecular formula is C25H20Cl2F3N3OS4. The molecule has 0 amide bonds. The lowest BCUT2D eigenvalue weighted by Crippen LogP contribution is -3.00. The molecule has 200 valence electrons. The van der Waals surface area contributed by atoms with E-state index in [-0.39, 0.29) is 41.2 Å². The number of fused-ring (bicyclic) bond motifs is 1. The number of anilines is 1. The van der Waals surface area contributed by atoms with Crippen molar-refractivity contribution >= 4 is 74.6 Å². The third-order valence-electron chi connectivity index (χ3n) is 5.72. The number of hydrogen-bond acceptors (Lipinski definition) is 6. The molecule has 5 rings (SSSR count). The Bertz CT molecular complexity index is 1660. The van der Waals surface area contributed by atoms with Crippen LogP contribution in [0, 0.1) is 0 Å². The number of nitrogens with zero attached hydrogens (tertiary/aromatic N) is 3. The zero-order valence-electron chi connectivity index (χ0n) is 20.0. The van der Waals surface area contributed by atoms with Crippen LogP contribution in [0.1, 0.15) is 17.5 Å². The molecule has 2 aromatic heterocycles. The van der Waals surface area contributed by atoms with Gasteiger partial charge < -0.3 is 17.3 Å². The first-order valence-electron chi connectivity index (χ1n) is 11.1. The Kier molecular flexibility index (Phi) is 8.95. The molecule has 0 aliphatic carbocycles. The van der Waals surface area contributed by atoms with Crippen LogP contribution >= 0.6 is 57.8 Å². The van der Waals surface area contributed by atoms with Crippen molar-refractivity contribution in [1.82, 2.24) is 4.57 Å². The maximum Gasteiger partial charge on any atom is 0.446 e. The number of benzene rings is 2. The molecule has 0 spiro atoms. The first-order chi connectivity index (χ1) is 17.6. The number of alkyl halides is 3. The minimum atomic E-state index is -4.36. The van der Waals surface area contributed by atoms with Gasteiger partial charge in [0.25, 0.3) is 10.6 Å². The molecule has 0 unspecified atom stereocenters. The van der Waals surface area contributed by atoms with Crippen LogP contribution in [0.25, 0.3) is 11.1 Å². The lowest BCUT2D eigenvalue weighted by atomic mass is 10.2. The highest BCUT2D eigenvalue weighted by atomic mass is 35.5. The van der Waals surface area contributed by atoms with Crippen LogP contribution in [-0.4, -0.2) is 17.1 Å². The van der Waals surface area contributed by atoms with Gasteiger partial charge in [-0.2, -0.15) is 17.7 Å². The van der Waals surface area contributed by atoms with Gasteiger partial charge >= 0.3 is 5.51 Å². The highest BCUT2D eigenvalue weighted by molar-refractivity contribution is 8.08. The molecule has 4 nitrogen and oxygen atoms in total. The molecule has 1 aliphatic rings. The summed E-state index contributed by atoms with van der Waals surface area (Å²) >= 11 is 10.5. The number of aromatic nitrogens is 2. The van der Waals surface area contributed by atoms with E-state index in [0.29, 0.717) is 21.7 Å². The third kappa shape index (κ3) is 5.97. The van der Waals surface area contributed by atoms with Crippen LogP contribution in [0.4, 0.5) is 18.9 Å². The zero-order valence-corrected chi connectivity index (χ0v) is 24.7. The maximum absolute atomic E-state index is 13.4. The zero-order chi connectivity index (χ0) is 26.3. The van der Waals surface area contributed by atoms with E-state index < -0.39 is 5.51 Å². The van der Waals surface area contributed by atoms with Gasteiger partial charge in [0.2, 0.25) is 0 Å². The van der Waals surface area contributed by atoms with Crippen molar-refractivity contribution in [2.24, 2.45) is 0 Å². The SMILES string of the molecule is CCn1c(=O)/c(=C2\Sc3cc(Cl)ccc3N2C)s/c1=C\c1scc[n+]1Cc1ccccc1SC(F)(F)F.[Cl-]. The second kappa shape index (κ2) is 11.7. The van der Waals surface area contributed by atoms with Crippen LogP contribution in [0.2, 0.25) is 5.02 Å². The molecule has 0 radical (unpaired) electrons. The van der Waals surface area contributed by atoms with Crippen LogP contribution in [0.3, 0.4) is 0 Å².